The van der Waals surface area contributed by atoms with Crippen LogP contribution in [0.15, 0.2) is 23.1 Å². The van der Waals surface area contributed by atoms with Gasteiger partial charge in [0.05, 0.1) is 5.02 Å². The van der Waals surface area contributed by atoms with Gasteiger partial charge in [0.2, 0.25) is 10.0 Å². The van der Waals surface area contributed by atoms with Crippen LogP contribution in [-0.2, 0) is 10.0 Å². The lowest BCUT2D eigenvalue weighted by atomic mass is 10.3. The van der Waals surface area contributed by atoms with Crippen molar-refractivity contribution in [2.24, 2.45) is 0 Å². The van der Waals surface area contributed by atoms with Crippen molar-refractivity contribution >= 4 is 21.6 Å². The number of nitrogens with zero attached hydrogens (tertiary/aromatic N) is 1. The Morgan fingerprint density at radius 1 is 1.31 bits per heavy atom. The summed E-state index contributed by atoms with van der Waals surface area (Å²) in [4.78, 5) is -0.0562. The molecule has 0 fully saturated rings. The predicted molar refractivity (Wildman–Crippen MR) is 61.5 cm³/mol. The van der Waals surface area contributed by atoms with Crippen molar-refractivity contribution < 1.29 is 12.8 Å². The largest absolute Gasteiger partial charge is 0.244 e. The molecule has 1 aromatic carbocycles. The summed E-state index contributed by atoms with van der Waals surface area (Å²) in [7, 11) is -3.61. The highest BCUT2D eigenvalue weighted by Crippen LogP contribution is 2.25. The maximum atomic E-state index is 12.8. The van der Waals surface area contributed by atoms with Crippen LogP contribution in [0.5, 0.6) is 0 Å². The third kappa shape index (κ3) is 2.53. The number of benzene rings is 1. The van der Waals surface area contributed by atoms with Crippen molar-refractivity contribution in [1.29, 1.82) is 0 Å². The number of hydrogen-bond donors (Lipinski definition) is 0. The van der Waals surface area contributed by atoms with E-state index in [9.17, 15) is 12.8 Å². The summed E-state index contributed by atoms with van der Waals surface area (Å²) >= 11 is 5.73. The molecule has 3 nitrogen and oxygen atoms in total. The van der Waals surface area contributed by atoms with E-state index in [1.54, 1.807) is 13.8 Å². The topological polar surface area (TPSA) is 37.4 Å². The van der Waals surface area contributed by atoms with Crippen molar-refractivity contribution in [2.45, 2.75) is 18.7 Å². The second-order valence-corrected chi connectivity index (χ2v) is 5.48. The van der Waals surface area contributed by atoms with Gasteiger partial charge in [0.1, 0.15) is 10.7 Å². The fraction of sp³-hybridized carbons (Fsp3) is 0.400. The summed E-state index contributed by atoms with van der Waals surface area (Å²) < 4.78 is 38.2. The molecule has 0 aliphatic carbocycles. The highest BCUT2D eigenvalue weighted by molar-refractivity contribution is 7.89. The molecule has 16 heavy (non-hydrogen) atoms. The molecule has 0 N–H and O–H groups in total. The molecule has 0 saturated heterocycles. The number of sulfonamides is 1. The Labute approximate surface area is 99.9 Å². The van der Waals surface area contributed by atoms with Gasteiger partial charge in [-0.25, -0.2) is 12.8 Å². The molecule has 1 rings (SSSR count). The SMILES string of the molecule is CCN(CC)S(=O)(=O)c1ccc(F)cc1Cl. The molecule has 0 heterocycles. The van der Waals surface area contributed by atoms with Gasteiger partial charge >= 0.3 is 0 Å². The molecule has 0 aliphatic heterocycles. The lowest BCUT2D eigenvalue weighted by Crippen LogP contribution is -2.30. The van der Waals surface area contributed by atoms with Crippen molar-refractivity contribution in [3.8, 4) is 0 Å². The Bertz CT molecular complexity index is 472. The van der Waals surface area contributed by atoms with Gasteiger partial charge in [0.15, 0.2) is 0 Å². The van der Waals surface area contributed by atoms with Gasteiger partial charge in [-0.2, -0.15) is 4.31 Å². The summed E-state index contributed by atoms with van der Waals surface area (Å²) in [6.07, 6.45) is 0. The van der Waals surface area contributed by atoms with Crippen LogP contribution in [0.1, 0.15) is 13.8 Å². The lowest BCUT2D eigenvalue weighted by molar-refractivity contribution is 0.445. The van der Waals surface area contributed by atoms with Gasteiger partial charge in [-0.1, -0.05) is 25.4 Å². The van der Waals surface area contributed by atoms with E-state index < -0.39 is 15.8 Å². The highest BCUT2D eigenvalue weighted by atomic mass is 35.5. The second-order valence-electron chi connectivity index (χ2n) is 3.16. The zero-order valence-corrected chi connectivity index (χ0v) is 10.6. The average Bonchev–Trinajstić information content (AvgIpc) is 2.18. The monoisotopic (exact) mass is 265 g/mol. The molecule has 0 saturated carbocycles. The summed E-state index contributed by atoms with van der Waals surface area (Å²) in [5.41, 5.74) is 0. The van der Waals surface area contributed by atoms with Crippen LogP contribution in [0.3, 0.4) is 0 Å². The fourth-order valence-electron chi connectivity index (χ4n) is 1.39. The van der Waals surface area contributed by atoms with Crippen LogP contribution >= 0.6 is 11.6 Å². The van der Waals surface area contributed by atoms with E-state index in [1.807, 2.05) is 0 Å². The molecule has 0 bridgehead atoms. The molecule has 0 radical (unpaired) electrons. The normalized spacial score (nSPS) is 12.1. The van der Waals surface area contributed by atoms with Gasteiger partial charge in [-0.05, 0) is 18.2 Å². The van der Waals surface area contributed by atoms with E-state index in [0.717, 1.165) is 12.1 Å². The molecule has 1 aromatic rings. The van der Waals surface area contributed by atoms with Gasteiger partial charge in [-0.3, -0.25) is 0 Å². The molecule has 0 aliphatic rings. The average molecular weight is 266 g/mol. The van der Waals surface area contributed by atoms with Gasteiger partial charge in [0, 0.05) is 13.1 Å². The van der Waals surface area contributed by atoms with E-state index in [4.69, 9.17) is 11.6 Å². The maximum Gasteiger partial charge on any atom is 0.244 e. The number of rotatable bonds is 4. The Morgan fingerprint density at radius 2 is 1.88 bits per heavy atom. The zero-order chi connectivity index (χ0) is 12.3. The van der Waals surface area contributed by atoms with Gasteiger partial charge in [0.25, 0.3) is 0 Å². The van der Waals surface area contributed by atoms with Crippen molar-refractivity contribution in [3.63, 3.8) is 0 Å². The smallest absolute Gasteiger partial charge is 0.207 e. The lowest BCUT2D eigenvalue weighted by Gasteiger charge is -2.19. The van der Waals surface area contributed by atoms with Crippen LogP contribution in [-0.4, -0.2) is 25.8 Å². The molecular weight excluding hydrogens is 253 g/mol. The summed E-state index contributed by atoms with van der Waals surface area (Å²) in [5, 5.41) is -0.0908. The molecule has 0 unspecified atom stereocenters. The van der Waals surface area contributed by atoms with E-state index >= 15 is 0 Å². The van der Waals surface area contributed by atoms with E-state index in [2.05, 4.69) is 0 Å². The van der Waals surface area contributed by atoms with Crippen LogP contribution in [0.25, 0.3) is 0 Å². The minimum atomic E-state index is -3.61. The zero-order valence-electron chi connectivity index (χ0n) is 9.07. The minimum absolute atomic E-state index is 0.0562. The van der Waals surface area contributed by atoms with E-state index in [0.29, 0.717) is 13.1 Å². The van der Waals surface area contributed by atoms with Crippen molar-refractivity contribution in [2.75, 3.05) is 13.1 Å². The Morgan fingerprint density at radius 3 is 2.31 bits per heavy atom. The standard InChI is InChI=1S/C10H13ClFNO2S/c1-3-13(4-2)16(14,15)10-6-5-8(12)7-9(10)11/h5-7H,3-4H2,1-2H3. The second kappa shape index (κ2) is 5.12. The molecule has 0 spiro atoms. The Balaban J connectivity index is 3.27. The molecular formula is C10H13ClFNO2S. The fourth-order valence-corrected chi connectivity index (χ4v) is 3.35. The van der Waals surface area contributed by atoms with Crippen molar-refractivity contribution in [1.82, 2.24) is 4.31 Å². The first-order valence-electron chi connectivity index (χ1n) is 4.88. The Hall–Kier alpha value is -0.650. The third-order valence-corrected chi connectivity index (χ3v) is 4.75. The summed E-state index contributed by atoms with van der Waals surface area (Å²) in [6, 6.07) is 3.27. The van der Waals surface area contributed by atoms with Crippen LogP contribution in [0.2, 0.25) is 5.02 Å². The molecule has 0 atom stereocenters. The highest BCUT2D eigenvalue weighted by Gasteiger charge is 2.24. The van der Waals surface area contributed by atoms with E-state index in [1.165, 1.54) is 10.4 Å². The van der Waals surface area contributed by atoms with Crippen LogP contribution in [0.4, 0.5) is 4.39 Å². The predicted octanol–water partition coefficient (Wildman–Crippen LogP) is 2.51. The first-order chi connectivity index (χ1) is 7.43. The first kappa shape index (κ1) is 13.4. The molecule has 0 aromatic heterocycles. The quantitative estimate of drug-likeness (QED) is 0.839. The first-order valence-corrected chi connectivity index (χ1v) is 6.70. The maximum absolute atomic E-state index is 12.8. The molecule has 90 valence electrons. The summed E-state index contributed by atoms with van der Waals surface area (Å²) in [6.45, 7) is 4.18. The number of halogens is 2. The van der Waals surface area contributed by atoms with Gasteiger partial charge in [-0.15, -0.1) is 0 Å². The van der Waals surface area contributed by atoms with Crippen LogP contribution < -0.4 is 0 Å². The molecule has 6 heteroatoms. The minimum Gasteiger partial charge on any atom is -0.207 e. The number of hydrogen-bond acceptors (Lipinski definition) is 2. The van der Waals surface area contributed by atoms with Gasteiger partial charge < -0.3 is 0 Å². The molecule has 0 amide bonds. The van der Waals surface area contributed by atoms with E-state index in [-0.39, 0.29) is 9.92 Å². The van der Waals surface area contributed by atoms with Crippen LogP contribution in [0, 0.1) is 5.82 Å². The Kier molecular flexibility index (Phi) is 4.29. The summed E-state index contributed by atoms with van der Waals surface area (Å²) in [5.74, 6) is -0.552. The third-order valence-electron chi connectivity index (χ3n) is 2.22. The van der Waals surface area contributed by atoms with Crippen molar-refractivity contribution in [3.05, 3.63) is 29.0 Å².